The fourth-order valence-corrected chi connectivity index (χ4v) is 2.68. The van der Waals surface area contributed by atoms with Gasteiger partial charge in [0.25, 0.3) is 5.91 Å². The van der Waals surface area contributed by atoms with Gasteiger partial charge in [-0.2, -0.15) is 10.2 Å². The number of carbonyl (C=O) groups is 1. The normalized spacial score (nSPS) is 11.0. The van der Waals surface area contributed by atoms with Crippen molar-refractivity contribution in [1.29, 1.82) is 0 Å². The average Bonchev–Trinajstić information content (AvgIpc) is 3.17. The number of rotatable bonds is 3. The van der Waals surface area contributed by atoms with Gasteiger partial charge in [0.15, 0.2) is 17.2 Å². The lowest BCUT2D eigenvalue weighted by Crippen LogP contribution is -2.16. The number of amides is 1. The number of hydrogen-bond acceptors (Lipinski definition) is 4. The number of aryl methyl sites for hydroxylation is 1. The van der Waals surface area contributed by atoms with Crippen molar-refractivity contribution < 1.29 is 13.6 Å². The van der Waals surface area contributed by atoms with Crippen LogP contribution in [0.25, 0.3) is 22.3 Å². The minimum absolute atomic E-state index is 0.252. The van der Waals surface area contributed by atoms with Gasteiger partial charge in [-0.1, -0.05) is 30.3 Å². The molecular weight excluding hydrogens is 342 g/mol. The van der Waals surface area contributed by atoms with Gasteiger partial charge in [0.2, 0.25) is 0 Å². The quantitative estimate of drug-likeness (QED) is 0.592. The Morgan fingerprint density at radius 2 is 2.00 bits per heavy atom. The predicted molar refractivity (Wildman–Crippen MR) is 90.4 cm³/mol. The summed E-state index contributed by atoms with van der Waals surface area (Å²) in [5, 5.41) is 14.4. The number of H-pyrrole nitrogens is 1. The zero-order chi connectivity index (χ0) is 18.3. The number of hydrogen-bond donors (Lipinski definition) is 2. The highest BCUT2D eigenvalue weighted by Gasteiger charge is 2.21. The maximum atomic E-state index is 13.8. The van der Waals surface area contributed by atoms with Gasteiger partial charge in [0.1, 0.15) is 17.3 Å². The Morgan fingerprint density at radius 3 is 2.73 bits per heavy atom. The number of aromatic nitrogens is 5. The van der Waals surface area contributed by atoms with Gasteiger partial charge < -0.3 is 5.32 Å². The highest BCUT2D eigenvalue weighted by Crippen LogP contribution is 2.31. The Balaban J connectivity index is 1.77. The number of pyridine rings is 1. The molecule has 0 spiro atoms. The van der Waals surface area contributed by atoms with E-state index in [4.69, 9.17) is 0 Å². The molecule has 9 heteroatoms. The van der Waals surface area contributed by atoms with E-state index < -0.39 is 23.2 Å². The summed E-state index contributed by atoms with van der Waals surface area (Å²) in [4.78, 5) is 15.8. The van der Waals surface area contributed by atoms with Crippen LogP contribution in [0.2, 0.25) is 0 Å². The first-order valence-electron chi connectivity index (χ1n) is 7.63. The van der Waals surface area contributed by atoms with Crippen LogP contribution in [-0.2, 0) is 7.05 Å². The summed E-state index contributed by atoms with van der Waals surface area (Å²) in [5.41, 5.74) is 1.45. The Labute approximate surface area is 145 Å². The van der Waals surface area contributed by atoms with Crippen molar-refractivity contribution in [3.8, 4) is 11.3 Å². The third-order valence-electron chi connectivity index (χ3n) is 3.85. The average molecular weight is 354 g/mol. The number of anilines is 1. The van der Waals surface area contributed by atoms with Crippen molar-refractivity contribution in [3.05, 3.63) is 59.9 Å². The van der Waals surface area contributed by atoms with E-state index in [-0.39, 0.29) is 5.82 Å². The van der Waals surface area contributed by atoms with Crippen LogP contribution in [0, 0.1) is 11.6 Å². The molecule has 1 amide bonds. The molecule has 0 aliphatic rings. The van der Waals surface area contributed by atoms with Gasteiger partial charge in [0.05, 0.1) is 11.6 Å². The highest BCUT2D eigenvalue weighted by atomic mass is 19.1. The fourth-order valence-electron chi connectivity index (χ4n) is 2.68. The lowest BCUT2D eigenvalue weighted by molar-refractivity contribution is 0.101. The molecule has 0 unspecified atom stereocenters. The monoisotopic (exact) mass is 354 g/mol. The molecule has 7 nitrogen and oxygen atoms in total. The molecule has 3 aromatic heterocycles. The van der Waals surface area contributed by atoms with E-state index in [0.29, 0.717) is 22.8 Å². The van der Waals surface area contributed by atoms with Crippen LogP contribution < -0.4 is 5.32 Å². The first-order chi connectivity index (χ1) is 12.5. The minimum Gasteiger partial charge on any atom is -0.305 e. The van der Waals surface area contributed by atoms with E-state index in [1.54, 1.807) is 11.7 Å². The summed E-state index contributed by atoms with van der Waals surface area (Å²) >= 11 is 0. The molecule has 2 N–H and O–H groups in total. The zero-order valence-corrected chi connectivity index (χ0v) is 13.5. The van der Waals surface area contributed by atoms with Crippen LogP contribution in [0.3, 0.4) is 0 Å². The third kappa shape index (κ3) is 2.59. The standard InChI is InChI=1S/C17H12F2N6O/c1-25-16-12(13(24-25)9-5-3-2-4-6-9)15(22-23-16)21-17(26)14-11(19)7-10(18)8-20-14/h2-8H,1H3,(H2,21,22,23,26). The number of nitrogens with one attached hydrogen (secondary N) is 2. The third-order valence-corrected chi connectivity index (χ3v) is 3.85. The molecule has 130 valence electrons. The van der Waals surface area contributed by atoms with Crippen LogP contribution in [0.1, 0.15) is 10.5 Å². The van der Waals surface area contributed by atoms with Crippen molar-refractivity contribution in [2.45, 2.75) is 0 Å². The van der Waals surface area contributed by atoms with E-state index in [9.17, 15) is 13.6 Å². The molecule has 0 aliphatic heterocycles. The number of aromatic amines is 1. The summed E-state index contributed by atoms with van der Waals surface area (Å²) in [6, 6.07) is 9.97. The number of nitrogens with zero attached hydrogens (tertiary/aromatic N) is 4. The number of carbonyl (C=O) groups excluding carboxylic acids is 1. The Bertz CT molecular complexity index is 1120. The van der Waals surface area contributed by atoms with Crippen LogP contribution >= 0.6 is 0 Å². The molecule has 4 aromatic rings. The van der Waals surface area contributed by atoms with Crippen LogP contribution in [0.4, 0.5) is 14.6 Å². The van der Waals surface area contributed by atoms with Crippen LogP contribution in [0.15, 0.2) is 42.6 Å². The molecule has 0 aliphatic carbocycles. The summed E-state index contributed by atoms with van der Waals surface area (Å²) in [5.74, 6) is -2.48. The largest absolute Gasteiger partial charge is 0.305 e. The van der Waals surface area contributed by atoms with Gasteiger partial charge >= 0.3 is 0 Å². The second-order valence-corrected chi connectivity index (χ2v) is 5.57. The van der Waals surface area contributed by atoms with E-state index in [1.807, 2.05) is 30.3 Å². The smallest absolute Gasteiger partial charge is 0.278 e. The summed E-state index contributed by atoms with van der Waals surface area (Å²) in [6.07, 6.45) is 0.778. The Hall–Kier alpha value is -3.62. The van der Waals surface area contributed by atoms with Crippen LogP contribution in [0.5, 0.6) is 0 Å². The van der Waals surface area contributed by atoms with Crippen molar-refractivity contribution in [2.24, 2.45) is 7.05 Å². The predicted octanol–water partition coefficient (Wildman–Crippen LogP) is 2.89. The zero-order valence-electron chi connectivity index (χ0n) is 13.5. The molecule has 4 rings (SSSR count). The summed E-state index contributed by atoms with van der Waals surface area (Å²) in [6.45, 7) is 0. The molecule has 26 heavy (non-hydrogen) atoms. The first kappa shape index (κ1) is 15.9. The summed E-state index contributed by atoms with van der Waals surface area (Å²) in [7, 11) is 1.72. The van der Waals surface area contributed by atoms with Crippen molar-refractivity contribution >= 4 is 22.8 Å². The van der Waals surface area contributed by atoms with Gasteiger partial charge in [-0.05, 0) is 0 Å². The molecule has 0 bridgehead atoms. The van der Waals surface area contributed by atoms with Gasteiger partial charge in [-0.15, -0.1) is 0 Å². The van der Waals surface area contributed by atoms with Crippen LogP contribution in [-0.4, -0.2) is 30.9 Å². The minimum atomic E-state index is -1.05. The molecule has 3 heterocycles. The van der Waals surface area contributed by atoms with Gasteiger partial charge in [-0.25, -0.2) is 18.4 Å². The molecular formula is C17H12F2N6O. The first-order valence-corrected chi connectivity index (χ1v) is 7.63. The van der Waals surface area contributed by atoms with E-state index >= 15 is 0 Å². The SMILES string of the molecule is Cn1nc(-c2ccccc2)c2c(NC(=O)c3ncc(F)cc3F)[nH]nc21. The topological polar surface area (TPSA) is 88.5 Å². The number of benzene rings is 1. The maximum Gasteiger partial charge on any atom is 0.278 e. The van der Waals surface area contributed by atoms with E-state index in [0.717, 1.165) is 11.8 Å². The maximum absolute atomic E-state index is 13.8. The molecule has 0 saturated carbocycles. The lowest BCUT2D eigenvalue weighted by atomic mass is 10.1. The molecule has 0 fully saturated rings. The summed E-state index contributed by atoms with van der Waals surface area (Å²) < 4.78 is 28.3. The molecule has 0 saturated heterocycles. The van der Waals surface area contributed by atoms with E-state index in [1.165, 1.54) is 0 Å². The molecule has 0 atom stereocenters. The van der Waals surface area contributed by atoms with Gasteiger partial charge in [-0.3, -0.25) is 9.89 Å². The van der Waals surface area contributed by atoms with E-state index in [2.05, 4.69) is 25.6 Å². The second-order valence-electron chi connectivity index (χ2n) is 5.57. The van der Waals surface area contributed by atoms with Crippen molar-refractivity contribution in [2.75, 3.05) is 5.32 Å². The fraction of sp³-hybridized carbons (Fsp3) is 0.0588. The number of halogens is 2. The molecule has 0 radical (unpaired) electrons. The molecule has 1 aromatic carbocycles. The second kappa shape index (κ2) is 6.03. The Kier molecular flexibility index (Phi) is 3.68. The Morgan fingerprint density at radius 1 is 1.23 bits per heavy atom. The lowest BCUT2D eigenvalue weighted by Gasteiger charge is -2.04. The van der Waals surface area contributed by atoms with Gasteiger partial charge in [0, 0.05) is 18.7 Å². The van der Waals surface area contributed by atoms with Crippen molar-refractivity contribution in [3.63, 3.8) is 0 Å². The highest BCUT2D eigenvalue weighted by molar-refractivity contribution is 6.09. The number of fused-ring (bicyclic) bond motifs is 1. The van der Waals surface area contributed by atoms with Crippen molar-refractivity contribution in [1.82, 2.24) is 25.0 Å².